The number of ketones is 1. The highest BCUT2D eigenvalue weighted by atomic mass is 35.5. The number of hydrogen-bond acceptors (Lipinski definition) is 6. The molecule has 7 heteroatoms. The third-order valence-electron chi connectivity index (χ3n) is 5.65. The molecule has 2 aromatic rings. The van der Waals surface area contributed by atoms with E-state index in [1.807, 2.05) is 13.0 Å². The molecule has 0 radical (unpaired) electrons. The van der Waals surface area contributed by atoms with E-state index in [1.54, 1.807) is 30.3 Å². The third kappa shape index (κ3) is 4.60. The topological polar surface area (TPSA) is 76.1 Å². The predicted molar refractivity (Wildman–Crippen MR) is 117 cm³/mol. The minimum absolute atomic E-state index is 0.0862. The Morgan fingerprint density at radius 1 is 1.29 bits per heavy atom. The summed E-state index contributed by atoms with van der Waals surface area (Å²) in [4.78, 5) is 27.0. The van der Waals surface area contributed by atoms with Crippen LogP contribution in [0, 0.1) is 5.92 Å². The summed E-state index contributed by atoms with van der Waals surface area (Å²) in [5.41, 5.74) is 1.77. The number of nitrogens with zero attached hydrogens (tertiary/aromatic N) is 1. The number of piperidine rings is 1. The lowest BCUT2D eigenvalue weighted by Gasteiger charge is -2.31. The fourth-order valence-corrected chi connectivity index (χ4v) is 4.21. The number of aromatic hydroxyl groups is 1. The van der Waals surface area contributed by atoms with Gasteiger partial charge >= 0.3 is 5.97 Å². The maximum Gasteiger partial charge on any atom is 0.309 e. The monoisotopic (exact) mass is 441 g/mol. The highest BCUT2D eigenvalue weighted by Gasteiger charge is 2.33. The molecule has 4 rings (SSSR count). The van der Waals surface area contributed by atoms with Crippen LogP contribution in [0.1, 0.15) is 41.3 Å². The number of carbonyl (C=O) groups excluding carboxylic acids is 2. The normalized spacial score (nSPS) is 18.1. The Labute approximate surface area is 186 Å². The highest BCUT2D eigenvalue weighted by molar-refractivity contribution is 6.30. The zero-order valence-electron chi connectivity index (χ0n) is 17.3. The number of phenolic OH excluding ortho intramolecular Hbond substituents is 1. The van der Waals surface area contributed by atoms with Crippen molar-refractivity contribution in [3.8, 4) is 11.5 Å². The lowest BCUT2D eigenvalue weighted by atomic mass is 9.96. The number of hydrogen-bond donors (Lipinski definition) is 1. The predicted octanol–water partition coefficient (Wildman–Crippen LogP) is 4.44. The zero-order valence-corrected chi connectivity index (χ0v) is 18.0. The van der Waals surface area contributed by atoms with Gasteiger partial charge in [0.05, 0.1) is 23.7 Å². The Bertz CT molecular complexity index is 1040. The minimum atomic E-state index is -0.225. The van der Waals surface area contributed by atoms with Gasteiger partial charge in [-0.15, -0.1) is 0 Å². The van der Waals surface area contributed by atoms with Gasteiger partial charge in [-0.2, -0.15) is 0 Å². The minimum Gasteiger partial charge on any atom is -0.507 e. The standard InChI is InChI=1S/C24H24ClNO5/c1-2-30-24(29)16-8-10-26(11-9-16)14-19-20(27)7-6-18-22(28)21(31-23(18)19)13-15-4-3-5-17(25)12-15/h3-7,12-13,16,27H,2,8-11,14H2,1H3/b21-13+. The first-order chi connectivity index (χ1) is 15.0. The molecule has 1 saturated heterocycles. The fourth-order valence-electron chi connectivity index (χ4n) is 4.01. The second kappa shape index (κ2) is 9.12. The second-order valence-corrected chi connectivity index (χ2v) is 8.17. The molecule has 0 unspecified atom stereocenters. The number of carbonyl (C=O) groups is 2. The lowest BCUT2D eigenvalue weighted by molar-refractivity contribution is -0.149. The van der Waals surface area contributed by atoms with Crippen LogP contribution in [0.4, 0.5) is 0 Å². The van der Waals surface area contributed by atoms with Gasteiger partial charge in [-0.3, -0.25) is 14.5 Å². The van der Waals surface area contributed by atoms with Gasteiger partial charge in [0.15, 0.2) is 5.76 Å². The van der Waals surface area contributed by atoms with Gasteiger partial charge in [0.25, 0.3) is 0 Å². The largest absolute Gasteiger partial charge is 0.507 e. The molecule has 0 aromatic heterocycles. The lowest BCUT2D eigenvalue weighted by Crippen LogP contribution is -2.36. The Morgan fingerprint density at radius 2 is 2.06 bits per heavy atom. The molecule has 0 bridgehead atoms. The van der Waals surface area contributed by atoms with E-state index in [0.717, 1.165) is 5.56 Å². The summed E-state index contributed by atoms with van der Waals surface area (Å²) in [7, 11) is 0. The van der Waals surface area contributed by atoms with Crippen LogP contribution in [-0.4, -0.2) is 41.5 Å². The fraction of sp³-hybridized carbons (Fsp3) is 0.333. The number of allylic oxidation sites excluding steroid dienone is 1. The van der Waals surface area contributed by atoms with Crippen molar-refractivity contribution in [2.45, 2.75) is 26.3 Å². The van der Waals surface area contributed by atoms with E-state index in [2.05, 4.69) is 4.90 Å². The van der Waals surface area contributed by atoms with E-state index in [1.165, 1.54) is 6.07 Å². The molecule has 31 heavy (non-hydrogen) atoms. The number of likely N-dealkylation sites (tertiary alicyclic amines) is 1. The van der Waals surface area contributed by atoms with E-state index in [-0.39, 0.29) is 29.2 Å². The van der Waals surface area contributed by atoms with E-state index < -0.39 is 0 Å². The van der Waals surface area contributed by atoms with Crippen LogP contribution in [0.2, 0.25) is 5.02 Å². The number of Topliss-reactive ketones (excluding diaryl/α,β-unsaturated/α-hetero) is 1. The van der Waals surface area contributed by atoms with E-state index in [0.29, 0.717) is 61.0 Å². The number of halogens is 1. The summed E-state index contributed by atoms with van der Waals surface area (Å²) in [6.45, 7) is 4.03. The van der Waals surface area contributed by atoms with Crippen LogP contribution < -0.4 is 4.74 Å². The molecule has 1 N–H and O–H groups in total. The Hall–Kier alpha value is -2.83. The van der Waals surface area contributed by atoms with Gasteiger partial charge in [0.1, 0.15) is 11.5 Å². The van der Waals surface area contributed by atoms with Crippen molar-refractivity contribution in [1.29, 1.82) is 0 Å². The van der Waals surface area contributed by atoms with E-state index >= 15 is 0 Å². The molecule has 2 aliphatic heterocycles. The maximum absolute atomic E-state index is 12.8. The quantitative estimate of drug-likeness (QED) is 0.546. The summed E-state index contributed by atoms with van der Waals surface area (Å²) in [5, 5.41) is 11.1. The van der Waals surface area contributed by atoms with E-state index in [9.17, 15) is 14.7 Å². The average Bonchev–Trinajstić information content (AvgIpc) is 3.06. The smallest absolute Gasteiger partial charge is 0.309 e. The summed E-state index contributed by atoms with van der Waals surface area (Å²) in [6.07, 6.45) is 3.06. The Kier molecular flexibility index (Phi) is 6.30. The van der Waals surface area contributed by atoms with Gasteiger partial charge in [-0.1, -0.05) is 23.7 Å². The number of ether oxygens (including phenoxy) is 2. The summed E-state index contributed by atoms with van der Waals surface area (Å²) < 4.78 is 11.0. The zero-order chi connectivity index (χ0) is 22.0. The van der Waals surface area contributed by atoms with Crippen LogP contribution in [0.5, 0.6) is 11.5 Å². The van der Waals surface area contributed by atoms with Crippen molar-refractivity contribution in [1.82, 2.24) is 4.90 Å². The van der Waals surface area contributed by atoms with Crippen molar-refractivity contribution >= 4 is 29.4 Å². The molecule has 0 amide bonds. The SMILES string of the molecule is CCOC(=O)C1CCN(Cc2c(O)ccc3c2O/C(=C/c2cccc(Cl)c2)C3=O)CC1. The molecular formula is C24H24ClNO5. The molecule has 2 heterocycles. The molecule has 0 aliphatic carbocycles. The number of esters is 1. The van der Waals surface area contributed by atoms with Crippen LogP contribution in [0.15, 0.2) is 42.2 Å². The molecule has 1 fully saturated rings. The second-order valence-electron chi connectivity index (χ2n) is 7.74. The Balaban J connectivity index is 1.51. The molecule has 0 spiro atoms. The first kappa shape index (κ1) is 21.4. The molecule has 162 valence electrons. The van der Waals surface area contributed by atoms with Crippen molar-refractivity contribution in [3.05, 3.63) is 63.9 Å². The summed E-state index contributed by atoms with van der Waals surface area (Å²) in [6, 6.07) is 10.3. The number of fused-ring (bicyclic) bond motifs is 1. The average molecular weight is 442 g/mol. The van der Waals surface area contributed by atoms with Gasteiger partial charge in [0, 0.05) is 11.6 Å². The maximum atomic E-state index is 12.8. The number of phenols is 1. The molecule has 6 nitrogen and oxygen atoms in total. The molecule has 0 saturated carbocycles. The van der Waals surface area contributed by atoms with Gasteiger partial charge in [-0.05, 0) is 68.8 Å². The van der Waals surface area contributed by atoms with Gasteiger partial charge in [-0.25, -0.2) is 0 Å². The van der Waals surface area contributed by atoms with Crippen LogP contribution in [0.25, 0.3) is 6.08 Å². The van der Waals surface area contributed by atoms with Crippen molar-refractivity contribution in [2.75, 3.05) is 19.7 Å². The first-order valence-electron chi connectivity index (χ1n) is 10.4. The van der Waals surface area contributed by atoms with Crippen LogP contribution >= 0.6 is 11.6 Å². The molecule has 0 atom stereocenters. The van der Waals surface area contributed by atoms with Crippen LogP contribution in [-0.2, 0) is 16.1 Å². The number of benzene rings is 2. The first-order valence-corrected chi connectivity index (χ1v) is 10.8. The third-order valence-corrected chi connectivity index (χ3v) is 5.89. The number of rotatable bonds is 5. The van der Waals surface area contributed by atoms with Crippen LogP contribution in [0.3, 0.4) is 0 Å². The summed E-state index contributed by atoms with van der Waals surface area (Å²) in [5.74, 6) is 0.225. The Morgan fingerprint density at radius 3 is 2.77 bits per heavy atom. The van der Waals surface area contributed by atoms with Gasteiger partial charge < -0.3 is 14.6 Å². The molecule has 2 aliphatic rings. The van der Waals surface area contributed by atoms with Crippen molar-refractivity contribution in [2.24, 2.45) is 5.92 Å². The van der Waals surface area contributed by atoms with E-state index in [4.69, 9.17) is 21.1 Å². The molecular weight excluding hydrogens is 418 g/mol. The summed E-state index contributed by atoms with van der Waals surface area (Å²) >= 11 is 6.04. The highest BCUT2D eigenvalue weighted by Crippen LogP contribution is 2.40. The van der Waals surface area contributed by atoms with Gasteiger partial charge in [0.2, 0.25) is 5.78 Å². The molecule has 2 aromatic carbocycles. The van der Waals surface area contributed by atoms with Crippen molar-refractivity contribution in [3.63, 3.8) is 0 Å². The van der Waals surface area contributed by atoms with Crippen molar-refractivity contribution < 1.29 is 24.2 Å².